The lowest BCUT2D eigenvalue weighted by molar-refractivity contribution is 0.660. The molecule has 148 heavy (non-hydrogen) atoms. The van der Waals surface area contributed by atoms with Crippen LogP contribution in [0.3, 0.4) is 0 Å². The van der Waals surface area contributed by atoms with Crippen LogP contribution in [0.2, 0.25) is 0 Å². The van der Waals surface area contributed by atoms with E-state index in [0.717, 1.165) is 40.8 Å². The Morgan fingerprint density at radius 3 is 0.736 bits per heavy atom. The van der Waals surface area contributed by atoms with E-state index in [1.54, 1.807) is 146 Å². The van der Waals surface area contributed by atoms with Crippen LogP contribution in [0.5, 0.6) is 0 Å². The van der Waals surface area contributed by atoms with E-state index >= 15 is 0 Å². The van der Waals surface area contributed by atoms with Gasteiger partial charge < -0.3 is 8.83 Å². The molecule has 0 N–H and O–H groups in total. The molecule has 24 rings (SSSR count). The summed E-state index contributed by atoms with van der Waals surface area (Å²) in [5, 5.41) is 128. The number of hydrogen-bond donors (Lipinski definition) is 0. The first-order valence-corrected chi connectivity index (χ1v) is 47.9. The number of fused-ring (bicyclic) bond motifs is 8. The van der Waals surface area contributed by atoms with Crippen LogP contribution < -0.4 is 44.5 Å². The van der Waals surface area contributed by atoms with E-state index in [1.807, 2.05) is 91.8 Å². The van der Waals surface area contributed by atoms with E-state index in [0.29, 0.717) is 163 Å². The number of benzene rings is 16. The summed E-state index contributed by atoms with van der Waals surface area (Å²) in [5.74, 6) is 0.125. The number of nitriles is 12. The van der Waals surface area contributed by atoms with Crippen LogP contribution in [-0.4, -0.2) is 18.3 Å². The van der Waals surface area contributed by atoms with Crippen molar-refractivity contribution >= 4 is 193 Å². The Bertz CT molecular complexity index is 10500. The average Bonchev–Trinajstić information content (AvgIpc) is 0.699. The molecule has 8 heterocycles. The maximum atomic E-state index is 14.3. The van der Waals surface area contributed by atoms with Gasteiger partial charge in [0.1, 0.15) is 35.4 Å². The van der Waals surface area contributed by atoms with Crippen molar-refractivity contribution in [1.29, 1.82) is 63.1 Å². The first-order valence-electron chi connectivity index (χ1n) is 46.3. The van der Waals surface area contributed by atoms with E-state index < -0.39 is 44.5 Å². The smallest absolute Gasteiger partial charge is 0.266 e. The van der Waals surface area contributed by atoms with Crippen molar-refractivity contribution in [3.8, 4) is 95.6 Å². The SMILES string of the molecule is CC(C)c1cccc(C(C)C)c1-n1c(=O)c2cc(C#N)c3oc4ccc(C#N)cc4c4c(C#N)cc(c1=O)c2c34.CC(C)c1cccc(C(C)C)c1-n1c(=O)c2cc(C#N)c3sc4ccc(C#N)cc4c4c(C#N)cc(c1=O)c2c34.N#Cc1ccc2oc3c(C#N)cc4c(=O)n(-c5ccccc5)c(=O)c5cc(C#N)c(c2c1)c3c45.N#Cc1ccc2sc3c(C#N)cc4c(=O)n(-c5ccccc5)c(=O)c5cc(C#N)c(c2c1)c3c45. The zero-order chi connectivity index (χ0) is 104. The lowest BCUT2D eigenvalue weighted by Gasteiger charge is -2.22. The van der Waals surface area contributed by atoms with Gasteiger partial charge in [0.2, 0.25) is 0 Å². The Morgan fingerprint density at radius 2 is 0.466 bits per heavy atom. The quantitative estimate of drug-likeness (QED) is 0.101. The molecule has 0 aliphatic rings. The van der Waals surface area contributed by atoms with E-state index in [2.05, 4.69) is 72.8 Å². The number of para-hydroxylation sites is 4. The van der Waals surface area contributed by atoms with Crippen LogP contribution in [0.25, 0.3) is 193 Å². The third kappa shape index (κ3) is 14.0. The van der Waals surface area contributed by atoms with Gasteiger partial charge in [-0.05, 0) is 192 Å². The van der Waals surface area contributed by atoms with E-state index in [1.165, 1.54) is 68.2 Å². The standard InChI is InChI=1S/C33H22N4O3.C33H22N4O2S.C27H10N4O3.C27H10N4O2S/c2*1-16(2)21-6-5-7-22(17(3)4)30(21)37-32(38)24-11-19(14-35)27-23-10-18(13-34)8-9-26(23)40-31-20(15-36)12-25(33(37)39)28(24)29(27)31;2*28-11-14-6-7-21-18(8-14)22-15(12-29)9-19-23-20(10-16(13-30)25(34-21)24(22)23)27(33)31(26(19)32)17-4-2-1-3-5-17/h2*5-12,16-17H,1-4H3;2*1-10H. The number of nitrogens with zero attached hydrogens (tertiary/aromatic N) is 16. The first-order chi connectivity index (χ1) is 71.6. The molecule has 0 spiro atoms. The largest absolute Gasteiger partial charge is 0.455 e. The summed E-state index contributed by atoms with van der Waals surface area (Å²) in [7, 11) is 0. The normalized spacial score (nSPS) is 11.4. The predicted molar refractivity (Wildman–Crippen MR) is 571 cm³/mol. The van der Waals surface area contributed by atoms with Gasteiger partial charge in [-0.1, -0.05) is 128 Å². The van der Waals surface area contributed by atoms with Gasteiger partial charge in [-0.15, -0.1) is 22.7 Å². The molecular formula is C120H64N16O10S2. The summed E-state index contributed by atoms with van der Waals surface area (Å²) in [6.45, 7) is 16.1. The third-order valence-electron chi connectivity index (χ3n) is 27.4. The molecule has 28 heteroatoms. The minimum absolute atomic E-state index is 0.0228. The summed E-state index contributed by atoms with van der Waals surface area (Å²) in [5.41, 5.74) is 5.48. The summed E-state index contributed by atoms with van der Waals surface area (Å²) < 4.78 is 19.6. The van der Waals surface area contributed by atoms with Gasteiger partial charge in [0.25, 0.3) is 44.5 Å². The van der Waals surface area contributed by atoms with Crippen molar-refractivity contribution in [3.63, 3.8) is 0 Å². The zero-order valence-corrected chi connectivity index (χ0v) is 80.8. The van der Waals surface area contributed by atoms with Gasteiger partial charge >= 0.3 is 0 Å². The first kappa shape index (κ1) is 93.3. The molecule has 0 fully saturated rings. The van der Waals surface area contributed by atoms with E-state index in [4.69, 9.17) is 8.83 Å². The molecule has 26 nitrogen and oxygen atoms in total. The lowest BCUT2D eigenvalue weighted by Crippen LogP contribution is -2.34. The molecule has 0 saturated heterocycles. The number of pyridine rings is 4. The van der Waals surface area contributed by atoms with Crippen LogP contribution in [0.4, 0.5) is 0 Å². The molecule has 24 aromatic rings. The summed E-state index contributed by atoms with van der Waals surface area (Å²) >= 11 is 2.69. The van der Waals surface area contributed by atoms with E-state index in [-0.39, 0.29) is 111 Å². The van der Waals surface area contributed by atoms with Crippen molar-refractivity contribution in [2.24, 2.45) is 0 Å². The molecule has 0 amide bonds. The van der Waals surface area contributed by atoms with Crippen LogP contribution in [0, 0.1) is 136 Å². The molecule has 0 aliphatic heterocycles. The molecule has 16 aromatic carbocycles. The second kappa shape index (κ2) is 35.7. The van der Waals surface area contributed by atoms with E-state index in [9.17, 15) is 101 Å². The average molecular weight is 1950 g/mol. The Labute approximate surface area is 842 Å². The number of hydrogen-bond acceptors (Lipinski definition) is 24. The summed E-state index contributed by atoms with van der Waals surface area (Å²) in [4.78, 5) is 112. The highest BCUT2D eigenvalue weighted by atomic mass is 32.1. The lowest BCUT2D eigenvalue weighted by atomic mass is 9.90. The number of rotatable bonds is 8. The van der Waals surface area contributed by atoms with Crippen molar-refractivity contribution in [2.45, 2.75) is 79.1 Å². The monoisotopic (exact) mass is 1950 g/mol. The topological polar surface area (TPSA) is 468 Å². The van der Waals surface area contributed by atoms with Crippen LogP contribution in [0.15, 0.2) is 266 Å². The highest BCUT2D eigenvalue weighted by Crippen LogP contribution is 2.49. The Morgan fingerprint density at radius 1 is 0.223 bits per heavy atom. The fraction of sp³-hybridized carbons (Fsp3) is 0.100. The molecule has 8 aromatic heterocycles. The van der Waals surface area contributed by atoms with Crippen molar-refractivity contribution in [1.82, 2.24) is 18.3 Å². The highest BCUT2D eigenvalue weighted by molar-refractivity contribution is 7.25. The molecular weight excluding hydrogens is 1890 g/mol. The minimum atomic E-state index is -0.570. The Balaban J connectivity index is 0.000000116. The second-order valence-corrected chi connectivity index (χ2v) is 38.9. The fourth-order valence-corrected chi connectivity index (χ4v) is 23.2. The fourth-order valence-electron chi connectivity index (χ4n) is 20.9. The maximum Gasteiger partial charge on any atom is 0.266 e. The minimum Gasteiger partial charge on any atom is -0.455 e. The predicted octanol–water partition coefficient (Wildman–Crippen LogP) is 23.3. The molecule has 696 valence electrons. The van der Waals surface area contributed by atoms with Crippen molar-refractivity contribution in [3.05, 3.63) is 390 Å². The summed E-state index contributed by atoms with van der Waals surface area (Å²) in [6, 6.07) is 86.5. The Kier molecular flexibility index (Phi) is 22.5. The maximum absolute atomic E-state index is 14.3. The van der Waals surface area contributed by atoms with Crippen LogP contribution in [-0.2, 0) is 0 Å². The van der Waals surface area contributed by atoms with Gasteiger partial charge in [-0.2, -0.15) is 63.1 Å². The van der Waals surface area contributed by atoms with Crippen LogP contribution >= 0.6 is 22.7 Å². The molecule has 0 atom stereocenters. The molecule has 0 saturated carbocycles. The van der Waals surface area contributed by atoms with Gasteiger partial charge in [-0.3, -0.25) is 38.4 Å². The Hall–Kier alpha value is -21.0. The van der Waals surface area contributed by atoms with Gasteiger partial charge in [0, 0.05) is 95.6 Å². The summed E-state index contributed by atoms with van der Waals surface area (Å²) in [6.07, 6.45) is 0. The van der Waals surface area contributed by atoms with Gasteiger partial charge in [-0.25, -0.2) is 18.3 Å². The molecule has 0 unspecified atom stereocenters. The van der Waals surface area contributed by atoms with Crippen molar-refractivity contribution < 1.29 is 8.83 Å². The van der Waals surface area contributed by atoms with Gasteiger partial charge in [0.15, 0.2) is 11.2 Å². The second-order valence-electron chi connectivity index (χ2n) is 36.8. The molecule has 0 bridgehead atoms. The number of aromatic nitrogens is 4. The molecule has 0 aliphatic carbocycles. The third-order valence-corrected chi connectivity index (χ3v) is 29.8. The van der Waals surface area contributed by atoms with Crippen molar-refractivity contribution in [2.75, 3.05) is 0 Å². The van der Waals surface area contributed by atoms with Crippen LogP contribution in [0.1, 0.15) is 168 Å². The zero-order valence-electron chi connectivity index (χ0n) is 79.1. The highest BCUT2D eigenvalue weighted by Gasteiger charge is 2.33. The van der Waals surface area contributed by atoms with Gasteiger partial charge in [0.05, 0.1) is 191 Å². The molecule has 0 radical (unpaired) electrons.